The lowest BCUT2D eigenvalue weighted by molar-refractivity contribution is 0.0786. The molecular formula is C17H23N3O. The molecule has 1 aliphatic heterocycles. The molecule has 1 aliphatic rings. The smallest absolute Gasteiger partial charge is 0.0840 e. The minimum absolute atomic E-state index is 0.572. The summed E-state index contributed by atoms with van der Waals surface area (Å²) in [4.78, 5) is 0. The van der Waals surface area contributed by atoms with Crippen LogP contribution in [0.4, 0.5) is 0 Å². The zero-order chi connectivity index (χ0) is 14.9. The molecule has 3 rings (SSSR count). The molecule has 0 bridgehead atoms. The van der Waals surface area contributed by atoms with Crippen LogP contribution in [0.1, 0.15) is 43.9 Å². The number of benzene rings is 1. The van der Waals surface area contributed by atoms with E-state index >= 15 is 0 Å². The fourth-order valence-corrected chi connectivity index (χ4v) is 2.97. The minimum atomic E-state index is -0.805. The van der Waals surface area contributed by atoms with Crippen molar-refractivity contribution in [2.24, 2.45) is 0 Å². The highest BCUT2D eigenvalue weighted by atomic mass is 16.3. The lowest BCUT2D eigenvalue weighted by atomic mass is 9.94. The van der Waals surface area contributed by atoms with Crippen molar-refractivity contribution in [3.8, 4) is 5.69 Å². The van der Waals surface area contributed by atoms with Gasteiger partial charge in [0.25, 0.3) is 0 Å². The van der Waals surface area contributed by atoms with Crippen LogP contribution in [0.25, 0.3) is 5.69 Å². The number of rotatable bonds is 3. The van der Waals surface area contributed by atoms with Crippen LogP contribution < -0.4 is 5.32 Å². The molecule has 0 aliphatic carbocycles. The second-order valence-corrected chi connectivity index (χ2v) is 6.30. The van der Waals surface area contributed by atoms with Crippen molar-refractivity contribution in [2.75, 3.05) is 13.1 Å². The SMILES string of the molecule is CC(C)(O)c1ccc(-n2nccc2C2CCNCC2)cc1. The van der Waals surface area contributed by atoms with E-state index in [9.17, 15) is 5.11 Å². The van der Waals surface area contributed by atoms with Crippen LogP contribution in [-0.4, -0.2) is 28.0 Å². The summed E-state index contributed by atoms with van der Waals surface area (Å²) >= 11 is 0. The van der Waals surface area contributed by atoms with E-state index in [-0.39, 0.29) is 0 Å². The van der Waals surface area contributed by atoms with Gasteiger partial charge in [0.15, 0.2) is 0 Å². The molecule has 1 saturated heterocycles. The molecule has 1 fully saturated rings. The Labute approximate surface area is 125 Å². The first-order chi connectivity index (χ1) is 10.1. The van der Waals surface area contributed by atoms with E-state index < -0.39 is 5.60 Å². The standard InChI is InChI=1S/C17H23N3O/c1-17(2,21)14-3-5-15(6-4-14)20-16(9-12-19-20)13-7-10-18-11-8-13/h3-6,9,12-13,18,21H,7-8,10-11H2,1-2H3. The molecule has 1 aromatic heterocycles. The fourth-order valence-electron chi connectivity index (χ4n) is 2.97. The molecule has 21 heavy (non-hydrogen) atoms. The second kappa shape index (κ2) is 5.62. The maximum Gasteiger partial charge on any atom is 0.0840 e. The number of aromatic nitrogens is 2. The van der Waals surface area contributed by atoms with Gasteiger partial charge in [-0.3, -0.25) is 0 Å². The monoisotopic (exact) mass is 285 g/mol. The molecule has 0 saturated carbocycles. The van der Waals surface area contributed by atoms with Gasteiger partial charge in [-0.2, -0.15) is 5.10 Å². The van der Waals surface area contributed by atoms with Gasteiger partial charge in [-0.1, -0.05) is 12.1 Å². The Bertz CT molecular complexity index is 589. The Balaban J connectivity index is 1.89. The summed E-state index contributed by atoms with van der Waals surface area (Å²) in [6, 6.07) is 10.1. The summed E-state index contributed by atoms with van der Waals surface area (Å²) < 4.78 is 2.03. The van der Waals surface area contributed by atoms with Crippen molar-refractivity contribution in [3.05, 3.63) is 47.8 Å². The zero-order valence-corrected chi connectivity index (χ0v) is 12.7. The normalized spacial score (nSPS) is 17.1. The summed E-state index contributed by atoms with van der Waals surface area (Å²) in [5.41, 5.74) is 2.46. The molecular weight excluding hydrogens is 262 g/mol. The fraction of sp³-hybridized carbons (Fsp3) is 0.471. The number of hydrogen-bond donors (Lipinski definition) is 2. The van der Waals surface area contributed by atoms with E-state index in [1.165, 1.54) is 5.69 Å². The predicted molar refractivity (Wildman–Crippen MR) is 83.7 cm³/mol. The van der Waals surface area contributed by atoms with E-state index in [2.05, 4.69) is 16.5 Å². The third-order valence-electron chi connectivity index (χ3n) is 4.25. The maximum atomic E-state index is 10.0. The van der Waals surface area contributed by atoms with E-state index in [1.807, 2.05) is 35.1 Å². The average Bonchev–Trinajstić information content (AvgIpc) is 2.97. The van der Waals surface area contributed by atoms with Crippen molar-refractivity contribution in [1.29, 1.82) is 0 Å². The van der Waals surface area contributed by atoms with Crippen molar-refractivity contribution in [1.82, 2.24) is 15.1 Å². The molecule has 1 aromatic carbocycles. The van der Waals surface area contributed by atoms with Gasteiger partial charge in [0, 0.05) is 17.8 Å². The summed E-state index contributed by atoms with van der Waals surface area (Å²) in [6.07, 6.45) is 4.20. The highest BCUT2D eigenvalue weighted by Crippen LogP contribution is 2.27. The van der Waals surface area contributed by atoms with Gasteiger partial charge >= 0.3 is 0 Å². The van der Waals surface area contributed by atoms with Crippen LogP contribution >= 0.6 is 0 Å². The van der Waals surface area contributed by atoms with Crippen molar-refractivity contribution < 1.29 is 5.11 Å². The summed E-state index contributed by atoms with van der Waals surface area (Å²) in [5, 5.41) is 17.9. The van der Waals surface area contributed by atoms with Crippen LogP contribution in [0.3, 0.4) is 0 Å². The Morgan fingerprint density at radius 3 is 2.43 bits per heavy atom. The lowest BCUT2D eigenvalue weighted by Gasteiger charge is -2.24. The molecule has 2 N–H and O–H groups in total. The third kappa shape index (κ3) is 3.01. The van der Waals surface area contributed by atoms with Gasteiger partial charge < -0.3 is 10.4 Å². The number of nitrogens with zero attached hydrogens (tertiary/aromatic N) is 2. The van der Waals surface area contributed by atoms with Crippen molar-refractivity contribution >= 4 is 0 Å². The number of nitrogens with one attached hydrogen (secondary N) is 1. The quantitative estimate of drug-likeness (QED) is 0.911. The molecule has 0 atom stereocenters. The average molecular weight is 285 g/mol. The summed E-state index contributed by atoms with van der Waals surface area (Å²) in [6.45, 7) is 5.76. The Hall–Kier alpha value is -1.65. The molecule has 4 heteroatoms. The third-order valence-corrected chi connectivity index (χ3v) is 4.25. The lowest BCUT2D eigenvalue weighted by Crippen LogP contribution is -2.27. The van der Waals surface area contributed by atoms with Crippen molar-refractivity contribution in [3.63, 3.8) is 0 Å². The maximum absolute atomic E-state index is 10.0. The molecule has 0 spiro atoms. The van der Waals surface area contributed by atoms with E-state index in [4.69, 9.17) is 0 Å². The van der Waals surface area contributed by atoms with Gasteiger partial charge in [-0.05, 0) is 63.5 Å². The van der Waals surface area contributed by atoms with Crippen molar-refractivity contribution in [2.45, 2.75) is 38.2 Å². The van der Waals surface area contributed by atoms with Crippen LogP contribution in [0.15, 0.2) is 36.5 Å². The first-order valence-corrected chi connectivity index (χ1v) is 7.63. The van der Waals surface area contributed by atoms with Gasteiger partial charge in [-0.15, -0.1) is 0 Å². The van der Waals surface area contributed by atoms with Gasteiger partial charge in [-0.25, -0.2) is 4.68 Å². The summed E-state index contributed by atoms with van der Waals surface area (Å²) in [5.74, 6) is 0.572. The first kappa shape index (κ1) is 14.3. The van der Waals surface area contributed by atoms with E-state index in [0.29, 0.717) is 5.92 Å². The predicted octanol–water partition coefficient (Wildman–Crippen LogP) is 2.57. The summed E-state index contributed by atoms with van der Waals surface area (Å²) in [7, 11) is 0. The molecule has 0 unspecified atom stereocenters. The Morgan fingerprint density at radius 2 is 1.81 bits per heavy atom. The van der Waals surface area contributed by atoms with E-state index in [1.54, 1.807) is 13.8 Å². The molecule has 0 amide bonds. The van der Waals surface area contributed by atoms with Crippen LogP contribution in [0, 0.1) is 0 Å². The molecule has 2 heterocycles. The zero-order valence-electron chi connectivity index (χ0n) is 12.7. The van der Waals surface area contributed by atoms with Gasteiger partial charge in [0.2, 0.25) is 0 Å². The number of hydrogen-bond acceptors (Lipinski definition) is 3. The molecule has 112 valence electrons. The largest absolute Gasteiger partial charge is 0.386 e. The molecule has 2 aromatic rings. The topological polar surface area (TPSA) is 50.1 Å². The highest BCUT2D eigenvalue weighted by molar-refractivity contribution is 5.37. The minimum Gasteiger partial charge on any atom is -0.386 e. The number of aliphatic hydroxyl groups is 1. The second-order valence-electron chi connectivity index (χ2n) is 6.30. The Kier molecular flexibility index (Phi) is 3.83. The Morgan fingerprint density at radius 1 is 1.14 bits per heavy atom. The van der Waals surface area contributed by atoms with Gasteiger partial charge in [0.05, 0.1) is 11.3 Å². The van der Waals surface area contributed by atoms with Crippen LogP contribution in [0.2, 0.25) is 0 Å². The van der Waals surface area contributed by atoms with Gasteiger partial charge in [0.1, 0.15) is 0 Å². The molecule has 0 radical (unpaired) electrons. The van der Waals surface area contributed by atoms with E-state index in [0.717, 1.165) is 37.2 Å². The first-order valence-electron chi connectivity index (χ1n) is 7.63. The van der Waals surface area contributed by atoms with Crippen LogP contribution in [-0.2, 0) is 5.60 Å². The number of piperidine rings is 1. The molecule has 4 nitrogen and oxygen atoms in total. The highest BCUT2D eigenvalue weighted by Gasteiger charge is 2.20. The van der Waals surface area contributed by atoms with Crippen LogP contribution in [0.5, 0.6) is 0 Å².